The summed E-state index contributed by atoms with van der Waals surface area (Å²) >= 11 is 3.71. The molecule has 0 heterocycles. The lowest BCUT2D eigenvalue weighted by Gasteiger charge is -2.32. The number of hydrogen-bond donors (Lipinski definition) is 0. The van der Waals surface area contributed by atoms with Gasteiger partial charge in [0, 0.05) is 10.6 Å². The van der Waals surface area contributed by atoms with Gasteiger partial charge in [0.2, 0.25) is 0 Å². The molecule has 0 aromatic carbocycles. The lowest BCUT2D eigenvalue weighted by molar-refractivity contribution is 0.267. The van der Waals surface area contributed by atoms with E-state index in [2.05, 4.69) is 22.9 Å². The molecular formula is C12H23BrO2S. The second-order valence-corrected chi connectivity index (χ2v) is 8.54. The Morgan fingerprint density at radius 1 is 1.25 bits per heavy atom. The quantitative estimate of drug-likeness (QED) is 0.729. The molecule has 4 heteroatoms. The highest BCUT2D eigenvalue weighted by Gasteiger charge is 2.28. The van der Waals surface area contributed by atoms with Crippen LogP contribution in [0.15, 0.2) is 0 Å². The van der Waals surface area contributed by atoms with Crippen molar-refractivity contribution in [2.24, 2.45) is 11.8 Å². The molecule has 1 aliphatic carbocycles. The van der Waals surface area contributed by atoms with E-state index in [1.54, 1.807) is 6.92 Å². The van der Waals surface area contributed by atoms with E-state index >= 15 is 0 Å². The van der Waals surface area contributed by atoms with Crippen LogP contribution >= 0.6 is 15.9 Å². The molecule has 0 aliphatic heterocycles. The molecule has 0 saturated heterocycles. The van der Waals surface area contributed by atoms with Crippen LogP contribution in [0.2, 0.25) is 0 Å². The Balaban J connectivity index is 2.45. The molecule has 1 rings (SSSR count). The highest BCUT2D eigenvalue weighted by molar-refractivity contribution is 9.09. The average Bonchev–Trinajstić information content (AvgIpc) is 2.28. The normalized spacial score (nSPS) is 31.6. The van der Waals surface area contributed by atoms with Crippen LogP contribution in [0.25, 0.3) is 0 Å². The smallest absolute Gasteiger partial charge is 0.150 e. The second kappa shape index (κ2) is 6.39. The maximum atomic E-state index is 11.5. The maximum Gasteiger partial charge on any atom is 0.150 e. The van der Waals surface area contributed by atoms with Crippen LogP contribution in [-0.4, -0.2) is 24.8 Å². The third-order valence-electron chi connectivity index (χ3n) is 3.82. The topological polar surface area (TPSA) is 34.1 Å². The van der Waals surface area contributed by atoms with Crippen molar-refractivity contribution in [1.82, 2.24) is 0 Å². The van der Waals surface area contributed by atoms with E-state index in [4.69, 9.17) is 0 Å². The SMILES string of the molecule is CCC1CCC(Br)C(CCS(=O)(=O)CC)C1. The Labute approximate surface area is 108 Å². The number of rotatable bonds is 5. The van der Waals surface area contributed by atoms with E-state index in [1.165, 1.54) is 25.7 Å². The van der Waals surface area contributed by atoms with Gasteiger partial charge in [-0.25, -0.2) is 8.42 Å². The lowest BCUT2D eigenvalue weighted by Crippen LogP contribution is -2.27. The molecule has 16 heavy (non-hydrogen) atoms. The van der Waals surface area contributed by atoms with Gasteiger partial charge in [-0.3, -0.25) is 0 Å². The highest BCUT2D eigenvalue weighted by Crippen LogP contribution is 2.37. The van der Waals surface area contributed by atoms with E-state index in [9.17, 15) is 8.42 Å². The Bertz CT molecular complexity index is 300. The van der Waals surface area contributed by atoms with Crippen LogP contribution in [0.3, 0.4) is 0 Å². The first-order chi connectivity index (χ1) is 7.48. The van der Waals surface area contributed by atoms with Gasteiger partial charge in [-0.15, -0.1) is 0 Å². The van der Waals surface area contributed by atoms with Crippen molar-refractivity contribution >= 4 is 25.8 Å². The van der Waals surface area contributed by atoms with Crippen LogP contribution in [-0.2, 0) is 9.84 Å². The molecule has 96 valence electrons. The molecule has 0 aromatic heterocycles. The summed E-state index contributed by atoms with van der Waals surface area (Å²) in [6.07, 6.45) is 5.77. The van der Waals surface area contributed by atoms with Crippen molar-refractivity contribution in [1.29, 1.82) is 0 Å². The second-order valence-electron chi connectivity index (χ2n) is 4.89. The van der Waals surface area contributed by atoms with E-state index in [-0.39, 0.29) is 5.75 Å². The Morgan fingerprint density at radius 2 is 1.94 bits per heavy atom. The highest BCUT2D eigenvalue weighted by atomic mass is 79.9. The minimum absolute atomic E-state index is 0.282. The molecule has 0 radical (unpaired) electrons. The van der Waals surface area contributed by atoms with Gasteiger partial charge in [-0.2, -0.15) is 0 Å². The Kier molecular flexibility index (Phi) is 5.78. The van der Waals surface area contributed by atoms with Crippen molar-refractivity contribution in [2.75, 3.05) is 11.5 Å². The lowest BCUT2D eigenvalue weighted by atomic mass is 9.79. The third-order valence-corrected chi connectivity index (χ3v) is 6.76. The standard InChI is InChI=1S/C12H23BrO2S/c1-3-10-5-6-12(13)11(9-10)7-8-16(14,15)4-2/h10-12H,3-9H2,1-2H3. The average molecular weight is 311 g/mol. The van der Waals surface area contributed by atoms with Gasteiger partial charge in [0.05, 0.1) is 5.75 Å². The van der Waals surface area contributed by atoms with Crippen molar-refractivity contribution in [2.45, 2.75) is 50.8 Å². The fraction of sp³-hybridized carbons (Fsp3) is 1.00. The molecule has 0 aromatic rings. The number of hydrogen-bond acceptors (Lipinski definition) is 2. The minimum Gasteiger partial charge on any atom is -0.229 e. The Morgan fingerprint density at radius 3 is 2.50 bits per heavy atom. The largest absolute Gasteiger partial charge is 0.229 e. The molecule has 3 unspecified atom stereocenters. The minimum atomic E-state index is -2.79. The van der Waals surface area contributed by atoms with E-state index < -0.39 is 9.84 Å². The van der Waals surface area contributed by atoms with Gasteiger partial charge in [-0.05, 0) is 37.5 Å². The zero-order valence-corrected chi connectivity index (χ0v) is 12.7. The summed E-state index contributed by atoms with van der Waals surface area (Å²) < 4.78 is 23.0. The molecular weight excluding hydrogens is 288 g/mol. The number of halogens is 1. The van der Waals surface area contributed by atoms with E-state index in [0.717, 1.165) is 12.3 Å². The van der Waals surface area contributed by atoms with Gasteiger partial charge < -0.3 is 0 Å². The number of alkyl halides is 1. The van der Waals surface area contributed by atoms with Crippen molar-refractivity contribution < 1.29 is 8.42 Å². The molecule has 0 spiro atoms. The molecule has 0 amide bonds. The summed E-state index contributed by atoms with van der Waals surface area (Å²) in [4.78, 5) is 0.530. The molecule has 1 fully saturated rings. The van der Waals surface area contributed by atoms with Gasteiger partial charge in [-0.1, -0.05) is 36.2 Å². The molecule has 0 N–H and O–H groups in total. The molecule has 1 aliphatic rings. The molecule has 3 atom stereocenters. The summed E-state index contributed by atoms with van der Waals surface area (Å²) in [5.74, 6) is 2.01. The first-order valence-electron chi connectivity index (χ1n) is 6.33. The van der Waals surface area contributed by atoms with Crippen LogP contribution in [0.5, 0.6) is 0 Å². The van der Waals surface area contributed by atoms with Crippen molar-refractivity contribution in [3.63, 3.8) is 0 Å². The van der Waals surface area contributed by atoms with Crippen molar-refractivity contribution in [3.8, 4) is 0 Å². The van der Waals surface area contributed by atoms with Crippen LogP contribution < -0.4 is 0 Å². The van der Waals surface area contributed by atoms with E-state index in [0.29, 0.717) is 16.5 Å². The summed E-state index contributed by atoms with van der Waals surface area (Å²) in [5.41, 5.74) is 0. The maximum absolute atomic E-state index is 11.5. The van der Waals surface area contributed by atoms with Gasteiger partial charge >= 0.3 is 0 Å². The zero-order chi connectivity index (χ0) is 12.2. The number of sulfone groups is 1. The first kappa shape index (κ1) is 14.5. The third kappa shape index (κ3) is 4.36. The first-order valence-corrected chi connectivity index (χ1v) is 9.06. The fourth-order valence-electron chi connectivity index (χ4n) is 2.47. The molecule has 0 bridgehead atoms. The van der Waals surface area contributed by atoms with Gasteiger partial charge in [0.25, 0.3) is 0 Å². The van der Waals surface area contributed by atoms with Gasteiger partial charge in [0.1, 0.15) is 9.84 Å². The van der Waals surface area contributed by atoms with E-state index in [1.807, 2.05) is 0 Å². The summed E-state index contributed by atoms with van der Waals surface area (Å²) in [6, 6.07) is 0. The Hall–Kier alpha value is 0.430. The van der Waals surface area contributed by atoms with Gasteiger partial charge in [0.15, 0.2) is 0 Å². The summed E-state index contributed by atoms with van der Waals surface area (Å²) in [7, 11) is -2.79. The van der Waals surface area contributed by atoms with Crippen LogP contribution in [0.4, 0.5) is 0 Å². The van der Waals surface area contributed by atoms with Crippen LogP contribution in [0, 0.1) is 11.8 Å². The predicted octanol–water partition coefficient (Wildman–Crippen LogP) is 3.40. The van der Waals surface area contributed by atoms with Crippen LogP contribution in [0.1, 0.15) is 46.0 Å². The summed E-state index contributed by atoms with van der Waals surface area (Å²) in [5, 5.41) is 0. The van der Waals surface area contributed by atoms with Crippen molar-refractivity contribution in [3.05, 3.63) is 0 Å². The fourth-order valence-corrected chi connectivity index (χ4v) is 4.16. The molecule has 2 nitrogen and oxygen atoms in total. The monoisotopic (exact) mass is 310 g/mol. The summed E-state index contributed by atoms with van der Waals surface area (Å²) in [6.45, 7) is 3.97. The predicted molar refractivity (Wildman–Crippen MR) is 72.8 cm³/mol. The zero-order valence-electron chi connectivity index (χ0n) is 10.3. The molecule has 1 saturated carbocycles.